The third kappa shape index (κ3) is 2.44. The molecule has 1 N–H and O–H groups in total. The first-order valence-electron chi connectivity index (χ1n) is 8.01. The minimum absolute atomic E-state index is 0.0343. The highest BCUT2D eigenvalue weighted by atomic mass is 16.6. The monoisotopic (exact) mass is 337 g/mol. The van der Waals surface area contributed by atoms with Crippen molar-refractivity contribution in [3.8, 4) is 0 Å². The molecule has 0 amide bonds. The summed E-state index contributed by atoms with van der Waals surface area (Å²) in [4.78, 5) is 21.5. The van der Waals surface area contributed by atoms with Crippen molar-refractivity contribution in [3.05, 3.63) is 86.0 Å². The summed E-state index contributed by atoms with van der Waals surface area (Å²) in [5.74, 6) is 0.340. The smallest absolute Gasteiger partial charge is 0.292 e. The van der Waals surface area contributed by atoms with Gasteiger partial charge in [0, 0.05) is 24.1 Å². The fourth-order valence-corrected chi connectivity index (χ4v) is 3.89. The molecule has 1 aliphatic carbocycles. The van der Waals surface area contributed by atoms with Crippen molar-refractivity contribution in [2.24, 2.45) is 5.92 Å². The maximum atomic E-state index is 11.4. The Morgan fingerprint density at radius 1 is 1.00 bits per heavy atom. The molecule has 7 nitrogen and oxygen atoms in total. The average molecular weight is 337 g/mol. The van der Waals surface area contributed by atoms with Crippen LogP contribution in [0.5, 0.6) is 0 Å². The standard InChI is InChI=1S/C18H15N3O4/c22-20(23)12-9-7-11(8-10-12)17-14-4-1-3-13(14)15-5-2-6-16(21(24)25)18(15)19-17/h1-3,5-10,13-14,17,19H,4H2/t13-,14+,17+/m1/s1. The van der Waals surface area contributed by atoms with E-state index in [1.54, 1.807) is 18.2 Å². The molecular formula is C18H15N3O4. The maximum absolute atomic E-state index is 11.4. The van der Waals surface area contributed by atoms with Crippen LogP contribution in [0.3, 0.4) is 0 Å². The molecule has 0 bridgehead atoms. The topological polar surface area (TPSA) is 98.3 Å². The van der Waals surface area contributed by atoms with Gasteiger partial charge in [0.25, 0.3) is 11.4 Å². The molecular weight excluding hydrogens is 322 g/mol. The normalized spacial score (nSPS) is 23.4. The van der Waals surface area contributed by atoms with Gasteiger partial charge in [-0.2, -0.15) is 0 Å². The van der Waals surface area contributed by atoms with Gasteiger partial charge in [0.05, 0.1) is 15.9 Å². The number of benzene rings is 2. The van der Waals surface area contributed by atoms with Crippen LogP contribution in [0.4, 0.5) is 17.1 Å². The van der Waals surface area contributed by atoms with E-state index in [4.69, 9.17) is 0 Å². The Kier molecular flexibility index (Phi) is 3.49. The van der Waals surface area contributed by atoms with E-state index in [1.165, 1.54) is 18.2 Å². The molecule has 1 heterocycles. The second-order valence-electron chi connectivity index (χ2n) is 6.32. The van der Waals surface area contributed by atoms with Crippen molar-refractivity contribution >= 4 is 17.1 Å². The molecule has 2 aliphatic rings. The summed E-state index contributed by atoms with van der Waals surface area (Å²) in [7, 11) is 0. The van der Waals surface area contributed by atoms with Crippen LogP contribution in [0.2, 0.25) is 0 Å². The molecule has 0 unspecified atom stereocenters. The van der Waals surface area contributed by atoms with Crippen LogP contribution in [-0.4, -0.2) is 9.85 Å². The molecule has 7 heteroatoms. The zero-order valence-electron chi connectivity index (χ0n) is 13.2. The molecule has 0 saturated heterocycles. The number of nitrogens with zero attached hydrogens (tertiary/aromatic N) is 2. The van der Waals surface area contributed by atoms with E-state index in [1.807, 2.05) is 6.07 Å². The number of rotatable bonds is 3. The largest absolute Gasteiger partial charge is 0.372 e. The first-order chi connectivity index (χ1) is 12.1. The van der Waals surface area contributed by atoms with Crippen molar-refractivity contribution in [1.29, 1.82) is 0 Å². The first-order valence-corrected chi connectivity index (χ1v) is 8.01. The van der Waals surface area contributed by atoms with Gasteiger partial charge in [0.1, 0.15) is 5.69 Å². The Labute approximate surface area is 143 Å². The van der Waals surface area contributed by atoms with Crippen molar-refractivity contribution in [3.63, 3.8) is 0 Å². The highest BCUT2D eigenvalue weighted by Crippen LogP contribution is 2.51. The molecule has 3 atom stereocenters. The summed E-state index contributed by atoms with van der Waals surface area (Å²) in [6.07, 6.45) is 5.07. The summed E-state index contributed by atoms with van der Waals surface area (Å²) in [5, 5.41) is 25.6. The van der Waals surface area contributed by atoms with Gasteiger partial charge in [-0.05, 0) is 23.5 Å². The summed E-state index contributed by atoms with van der Waals surface area (Å²) >= 11 is 0. The Morgan fingerprint density at radius 3 is 2.44 bits per heavy atom. The van der Waals surface area contributed by atoms with Crippen LogP contribution in [0.15, 0.2) is 54.6 Å². The quantitative estimate of drug-likeness (QED) is 0.510. The molecule has 25 heavy (non-hydrogen) atoms. The van der Waals surface area contributed by atoms with Crippen molar-refractivity contribution in [2.45, 2.75) is 18.4 Å². The predicted octanol–water partition coefficient (Wildman–Crippen LogP) is 4.33. The van der Waals surface area contributed by atoms with Crippen LogP contribution in [0.1, 0.15) is 29.5 Å². The zero-order valence-corrected chi connectivity index (χ0v) is 13.2. The van der Waals surface area contributed by atoms with Crippen LogP contribution in [-0.2, 0) is 0 Å². The van der Waals surface area contributed by atoms with E-state index in [0.717, 1.165) is 17.5 Å². The molecule has 0 aromatic heterocycles. The number of hydrogen-bond donors (Lipinski definition) is 1. The number of allylic oxidation sites excluding steroid dienone is 2. The highest BCUT2D eigenvalue weighted by Gasteiger charge is 2.40. The molecule has 0 spiro atoms. The second-order valence-corrected chi connectivity index (χ2v) is 6.32. The fraction of sp³-hybridized carbons (Fsp3) is 0.222. The van der Waals surface area contributed by atoms with Gasteiger partial charge in [-0.3, -0.25) is 20.2 Å². The Morgan fingerprint density at radius 2 is 1.76 bits per heavy atom. The van der Waals surface area contributed by atoms with Gasteiger partial charge >= 0.3 is 0 Å². The van der Waals surface area contributed by atoms with Crippen LogP contribution >= 0.6 is 0 Å². The molecule has 1 aliphatic heterocycles. The molecule has 126 valence electrons. The van der Waals surface area contributed by atoms with Gasteiger partial charge in [-0.25, -0.2) is 0 Å². The Hall–Kier alpha value is -3.22. The number of nitrogens with one attached hydrogen (secondary N) is 1. The van der Waals surface area contributed by atoms with E-state index in [-0.39, 0.29) is 34.2 Å². The summed E-state index contributed by atoms with van der Waals surface area (Å²) in [6, 6.07) is 11.4. The van der Waals surface area contributed by atoms with E-state index in [9.17, 15) is 20.2 Å². The lowest BCUT2D eigenvalue weighted by molar-refractivity contribution is -0.384. The number of nitro benzene ring substituents is 2. The number of nitro groups is 2. The molecule has 0 fully saturated rings. The van der Waals surface area contributed by atoms with Gasteiger partial charge in [-0.15, -0.1) is 0 Å². The van der Waals surface area contributed by atoms with Crippen molar-refractivity contribution in [2.75, 3.05) is 5.32 Å². The second kappa shape index (κ2) is 5.70. The number of anilines is 1. The van der Waals surface area contributed by atoms with Crippen molar-refractivity contribution < 1.29 is 9.85 Å². The van der Waals surface area contributed by atoms with Crippen LogP contribution < -0.4 is 5.32 Å². The average Bonchev–Trinajstić information content (AvgIpc) is 3.10. The predicted molar refractivity (Wildman–Crippen MR) is 92.5 cm³/mol. The number of fused-ring (bicyclic) bond motifs is 3. The molecule has 0 radical (unpaired) electrons. The van der Waals surface area contributed by atoms with Gasteiger partial charge in [0.2, 0.25) is 0 Å². The number of non-ortho nitro benzene ring substituents is 1. The minimum atomic E-state index is -0.432. The molecule has 0 saturated carbocycles. The lowest BCUT2D eigenvalue weighted by Crippen LogP contribution is -2.29. The van der Waals surface area contributed by atoms with Gasteiger partial charge in [0.15, 0.2) is 0 Å². The SMILES string of the molecule is O=[N+]([O-])c1ccc([C@@H]2Nc3c(cccc3[N+](=O)[O-])[C@@H]3C=CC[C@@H]32)cc1. The van der Waals surface area contributed by atoms with E-state index < -0.39 is 4.92 Å². The maximum Gasteiger partial charge on any atom is 0.292 e. The van der Waals surface area contributed by atoms with E-state index in [2.05, 4.69) is 17.5 Å². The molecule has 2 aromatic carbocycles. The minimum Gasteiger partial charge on any atom is -0.372 e. The van der Waals surface area contributed by atoms with E-state index >= 15 is 0 Å². The summed E-state index contributed by atoms with van der Waals surface area (Å²) in [5.41, 5.74) is 2.47. The lowest BCUT2D eigenvalue weighted by Gasteiger charge is -2.37. The summed E-state index contributed by atoms with van der Waals surface area (Å²) < 4.78 is 0. The first kappa shape index (κ1) is 15.3. The van der Waals surface area contributed by atoms with Crippen LogP contribution in [0, 0.1) is 26.1 Å². The molecule has 2 aromatic rings. The lowest BCUT2D eigenvalue weighted by atomic mass is 9.77. The van der Waals surface area contributed by atoms with E-state index in [0.29, 0.717) is 5.69 Å². The summed E-state index contributed by atoms with van der Waals surface area (Å²) in [6.45, 7) is 0. The Bertz CT molecular complexity index is 892. The Balaban J connectivity index is 1.78. The highest BCUT2D eigenvalue weighted by molar-refractivity contribution is 5.71. The van der Waals surface area contributed by atoms with Gasteiger partial charge in [-0.1, -0.05) is 36.4 Å². The third-order valence-electron chi connectivity index (χ3n) is 5.03. The zero-order chi connectivity index (χ0) is 17.6. The van der Waals surface area contributed by atoms with Crippen LogP contribution in [0.25, 0.3) is 0 Å². The number of para-hydroxylation sites is 1. The third-order valence-corrected chi connectivity index (χ3v) is 5.03. The fourth-order valence-electron chi connectivity index (χ4n) is 3.89. The van der Waals surface area contributed by atoms with Crippen molar-refractivity contribution in [1.82, 2.24) is 0 Å². The molecule has 4 rings (SSSR count). The number of hydrogen-bond acceptors (Lipinski definition) is 5. The van der Waals surface area contributed by atoms with Gasteiger partial charge < -0.3 is 5.32 Å².